The molecule has 0 amide bonds. The molecule has 0 radical (unpaired) electrons. The smallest absolute Gasteiger partial charge is 0.373 e. The summed E-state index contributed by atoms with van der Waals surface area (Å²) in [5.41, 5.74) is 5.87. The summed E-state index contributed by atoms with van der Waals surface area (Å²) in [6.45, 7) is 4.60. The Balaban J connectivity index is 0.00000105. The van der Waals surface area contributed by atoms with Gasteiger partial charge in [0.2, 0.25) is 0 Å². The summed E-state index contributed by atoms with van der Waals surface area (Å²) in [5, 5.41) is 11.9. The number of fused-ring (bicyclic) bond motifs is 1. The molecule has 5 aromatic rings. The molecule has 2 aromatic heterocycles. The standard InChI is InChI=1S/C32H28Cl3N3O2.CO2/c1-17(2)38-29-12-19(8-9-20(29)15-36-38)23-14-24(23)22-11-10-21(13-28(22)35)39-16-25-31(37-40-32(25)18-6-7-18)30-26(33)4-3-5-27(30)34;2-1-3/h3-5,8-13,15,17-18,23-24H,6-7,14,16H2,1-2H3;. The number of rotatable bonds is 8. The third-order valence-electron chi connectivity index (χ3n) is 8.05. The van der Waals surface area contributed by atoms with E-state index in [2.05, 4.69) is 53.1 Å². The van der Waals surface area contributed by atoms with E-state index in [1.165, 1.54) is 16.5 Å². The van der Waals surface area contributed by atoms with Gasteiger partial charge in [0.1, 0.15) is 23.8 Å². The van der Waals surface area contributed by atoms with Crippen LogP contribution in [0.4, 0.5) is 0 Å². The van der Waals surface area contributed by atoms with Crippen LogP contribution >= 0.6 is 34.8 Å². The Bertz CT molecular complexity index is 1820. The molecule has 3 aromatic carbocycles. The molecule has 2 saturated carbocycles. The molecule has 0 aliphatic heterocycles. The van der Waals surface area contributed by atoms with Crippen LogP contribution in [0.3, 0.4) is 0 Å². The number of hydrogen-bond donors (Lipinski definition) is 0. The van der Waals surface area contributed by atoms with Gasteiger partial charge >= 0.3 is 6.15 Å². The van der Waals surface area contributed by atoms with E-state index in [1.807, 2.05) is 24.4 Å². The van der Waals surface area contributed by atoms with Gasteiger partial charge in [0.05, 0.1) is 27.3 Å². The average molecular weight is 637 g/mol. The lowest BCUT2D eigenvalue weighted by Crippen LogP contribution is -2.02. The van der Waals surface area contributed by atoms with Crippen molar-refractivity contribution in [2.75, 3.05) is 0 Å². The first-order valence-corrected chi connectivity index (χ1v) is 15.3. The molecule has 43 heavy (non-hydrogen) atoms. The summed E-state index contributed by atoms with van der Waals surface area (Å²) in [5.74, 6) is 2.75. The largest absolute Gasteiger partial charge is 0.489 e. The first kappa shape index (κ1) is 29.5. The summed E-state index contributed by atoms with van der Waals surface area (Å²) >= 11 is 19.8. The minimum Gasteiger partial charge on any atom is -0.489 e. The van der Waals surface area contributed by atoms with Crippen LogP contribution in [0.5, 0.6) is 5.75 Å². The number of hydrogen-bond acceptors (Lipinski definition) is 6. The molecule has 220 valence electrons. The predicted molar refractivity (Wildman–Crippen MR) is 165 cm³/mol. The number of nitrogens with zero attached hydrogens (tertiary/aromatic N) is 3. The van der Waals surface area contributed by atoms with Gasteiger partial charge in [0, 0.05) is 27.9 Å². The van der Waals surface area contributed by atoms with Crippen molar-refractivity contribution in [3.63, 3.8) is 0 Å². The molecule has 2 aliphatic carbocycles. The van der Waals surface area contributed by atoms with Crippen molar-refractivity contribution in [3.05, 3.63) is 98.3 Å². The quantitative estimate of drug-likeness (QED) is 0.169. The summed E-state index contributed by atoms with van der Waals surface area (Å²) < 4.78 is 14.1. The fourth-order valence-electron chi connectivity index (χ4n) is 5.71. The Labute approximate surface area is 263 Å². The highest BCUT2D eigenvalue weighted by atomic mass is 35.5. The normalized spacial score (nSPS) is 17.4. The number of benzene rings is 3. The molecule has 7 nitrogen and oxygen atoms in total. The average Bonchev–Trinajstić information content (AvgIpc) is 3.89. The molecule has 0 saturated heterocycles. The van der Waals surface area contributed by atoms with E-state index >= 15 is 0 Å². The lowest BCUT2D eigenvalue weighted by atomic mass is 10.0. The topological polar surface area (TPSA) is 87.2 Å². The second-order valence-corrected chi connectivity index (χ2v) is 12.5. The molecule has 10 heteroatoms. The van der Waals surface area contributed by atoms with Crippen molar-refractivity contribution in [2.45, 2.75) is 63.5 Å². The van der Waals surface area contributed by atoms with E-state index in [0.29, 0.717) is 50.8 Å². The zero-order valence-electron chi connectivity index (χ0n) is 23.5. The Kier molecular flexibility index (Phi) is 8.34. The van der Waals surface area contributed by atoms with Gasteiger partial charge in [-0.1, -0.05) is 64.2 Å². The Morgan fingerprint density at radius 3 is 2.42 bits per heavy atom. The predicted octanol–water partition coefficient (Wildman–Crippen LogP) is 9.38. The van der Waals surface area contributed by atoms with Crippen LogP contribution in [0.1, 0.15) is 79.4 Å². The van der Waals surface area contributed by atoms with Crippen molar-refractivity contribution in [1.29, 1.82) is 0 Å². The van der Waals surface area contributed by atoms with Crippen LogP contribution in [0.2, 0.25) is 15.1 Å². The maximum atomic E-state index is 8.12. The van der Waals surface area contributed by atoms with Crippen LogP contribution in [-0.2, 0) is 16.2 Å². The maximum absolute atomic E-state index is 8.12. The highest BCUT2D eigenvalue weighted by molar-refractivity contribution is 6.39. The van der Waals surface area contributed by atoms with E-state index in [9.17, 15) is 0 Å². The fraction of sp³-hybridized carbons (Fsp3) is 0.303. The monoisotopic (exact) mass is 635 g/mol. The first-order valence-electron chi connectivity index (χ1n) is 14.1. The summed E-state index contributed by atoms with van der Waals surface area (Å²) in [6, 6.07) is 18.5. The second-order valence-electron chi connectivity index (χ2n) is 11.3. The minimum atomic E-state index is 0.250. The highest BCUT2D eigenvalue weighted by Crippen LogP contribution is 2.56. The molecule has 2 atom stereocenters. The molecular weight excluding hydrogens is 609 g/mol. The van der Waals surface area contributed by atoms with Gasteiger partial charge in [-0.05, 0) is 86.4 Å². The van der Waals surface area contributed by atoms with Crippen molar-refractivity contribution in [2.24, 2.45) is 0 Å². The Morgan fingerprint density at radius 1 is 1.00 bits per heavy atom. The van der Waals surface area contributed by atoms with E-state index < -0.39 is 0 Å². The Morgan fingerprint density at radius 2 is 1.74 bits per heavy atom. The third-order valence-corrected chi connectivity index (χ3v) is 9.01. The third kappa shape index (κ3) is 5.96. The van der Waals surface area contributed by atoms with Gasteiger partial charge in [-0.25, -0.2) is 0 Å². The number of ether oxygens (including phenoxy) is 1. The lowest BCUT2D eigenvalue weighted by Gasteiger charge is -2.11. The lowest BCUT2D eigenvalue weighted by molar-refractivity contribution is -0.191. The molecular formula is C33H28Cl3N3O4. The molecule has 2 fully saturated rings. The maximum Gasteiger partial charge on any atom is 0.373 e. The van der Waals surface area contributed by atoms with Crippen LogP contribution in [0, 0.1) is 0 Å². The molecule has 7 rings (SSSR count). The van der Waals surface area contributed by atoms with Gasteiger partial charge in [0.15, 0.2) is 0 Å². The van der Waals surface area contributed by atoms with Crippen LogP contribution in [-0.4, -0.2) is 21.1 Å². The van der Waals surface area contributed by atoms with Crippen LogP contribution in [0.15, 0.2) is 65.3 Å². The summed E-state index contributed by atoms with van der Waals surface area (Å²) in [4.78, 5) is 16.2. The van der Waals surface area contributed by atoms with Crippen LogP contribution in [0.25, 0.3) is 22.2 Å². The zero-order chi connectivity index (χ0) is 30.2. The molecule has 0 N–H and O–H groups in total. The van der Waals surface area contributed by atoms with Gasteiger partial charge in [-0.3, -0.25) is 4.68 Å². The van der Waals surface area contributed by atoms with Crippen molar-refractivity contribution < 1.29 is 18.8 Å². The van der Waals surface area contributed by atoms with Gasteiger partial charge in [-0.2, -0.15) is 14.7 Å². The van der Waals surface area contributed by atoms with Gasteiger partial charge in [0.25, 0.3) is 0 Å². The first-order chi connectivity index (χ1) is 20.8. The molecule has 2 unspecified atom stereocenters. The highest BCUT2D eigenvalue weighted by Gasteiger charge is 2.41. The SMILES string of the molecule is CC(C)n1ncc2ccc(C3CC3c3ccc(OCc4c(-c5c(Cl)cccc5Cl)noc4C4CC4)cc3Cl)cc21.O=C=O. The van der Waals surface area contributed by atoms with Crippen molar-refractivity contribution in [3.8, 4) is 17.0 Å². The van der Waals surface area contributed by atoms with E-state index in [-0.39, 0.29) is 12.8 Å². The summed E-state index contributed by atoms with van der Waals surface area (Å²) in [6.07, 6.45) is 5.42. The van der Waals surface area contributed by atoms with Crippen LogP contribution < -0.4 is 4.74 Å². The van der Waals surface area contributed by atoms with Gasteiger partial charge in [-0.15, -0.1) is 0 Å². The van der Waals surface area contributed by atoms with E-state index in [1.54, 1.807) is 12.1 Å². The van der Waals surface area contributed by atoms with E-state index in [0.717, 1.165) is 41.2 Å². The van der Waals surface area contributed by atoms with Crippen molar-refractivity contribution in [1.82, 2.24) is 14.9 Å². The molecule has 0 spiro atoms. The minimum absolute atomic E-state index is 0.250. The fourth-order valence-corrected chi connectivity index (χ4v) is 6.59. The zero-order valence-corrected chi connectivity index (χ0v) is 25.8. The molecule has 2 aliphatic rings. The van der Waals surface area contributed by atoms with Crippen molar-refractivity contribution >= 4 is 51.9 Å². The number of aromatic nitrogens is 3. The number of halogens is 3. The molecule has 2 heterocycles. The van der Waals surface area contributed by atoms with Gasteiger partial charge < -0.3 is 9.26 Å². The summed E-state index contributed by atoms with van der Waals surface area (Å²) in [7, 11) is 0. The number of carbonyl (C=O) groups excluding carboxylic acids is 2. The van der Waals surface area contributed by atoms with E-state index in [4.69, 9.17) is 53.7 Å². The second kappa shape index (κ2) is 12.2. The molecule has 0 bridgehead atoms. The Hall–Kier alpha value is -3.61.